The van der Waals surface area contributed by atoms with Gasteiger partial charge in [-0.2, -0.15) is 0 Å². The molecule has 9 aliphatic carbocycles. The summed E-state index contributed by atoms with van der Waals surface area (Å²) in [4.78, 5) is 59.7. The third-order valence-electron chi connectivity index (χ3n) is 19.2. The molecule has 1 saturated heterocycles. The van der Waals surface area contributed by atoms with Gasteiger partial charge in [-0.25, -0.2) is 4.79 Å². The molecule has 0 aromatic rings. The molecule has 10 fully saturated rings. The highest BCUT2D eigenvalue weighted by molar-refractivity contribution is 5.83. The molecule has 8 bridgehead atoms. The minimum atomic E-state index is -0.687. The van der Waals surface area contributed by atoms with Crippen molar-refractivity contribution in [2.75, 3.05) is 6.61 Å². The number of cyclic esters (lactones) is 1. The standard InChI is InChI=1S/C19H32O2.C16H26O3.C13H24O2.C10H16O4.9CH4/c1-6-18(4,5)17(20)21-19(12(2)3)15-8-13-7-14(10-15)11-16(19)9-13;1-4-14(2,3)13(17)19-16-8-11-5-12(9-16)7-15(18,6-11)10-16;1-5-12(3,4)11(14)15-13(6-2)9-7-8-10-13;1-4-10(2,3)9(12)14-7-5-6-13-8(7)11;;;;;;;;;/h12-16H,6-11H2,1-5H3;11-12,18H,4-10H2,1-3H3;5-10H2,1-4H3;7H,4-6H2,1-3H3;9*1H4. The van der Waals surface area contributed by atoms with Gasteiger partial charge in [0.15, 0.2) is 0 Å². The number of carbonyl (C=O) groups excluding carboxylic acids is 5. The van der Waals surface area contributed by atoms with Crippen LogP contribution in [0, 0.1) is 63.1 Å². The molecule has 3 atom stereocenters. The molecule has 0 radical (unpaired) electrons. The van der Waals surface area contributed by atoms with E-state index in [0.29, 0.717) is 55.5 Å². The van der Waals surface area contributed by atoms with Crippen LogP contribution in [-0.2, 0) is 47.7 Å². The number of hydrogen-bond acceptors (Lipinski definition) is 11. The molecule has 11 heteroatoms. The fraction of sp³-hybridized carbons (Fsp3) is 0.925. The van der Waals surface area contributed by atoms with Crippen LogP contribution in [0.4, 0.5) is 0 Å². The van der Waals surface area contributed by atoms with Crippen molar-refractivity contribution in [1.82, 2.24) is 0 Å². The number of esters is 5. The minimum absolute atomic E-state index is 0. The smallest absolute Gasteiger partial charge is 0.347 e. The van der Waals surface area contributed by atoms with Gasteiger partial charge in [0.25, 0.3) is 0 Å². The molecule has 1 N–H and O–H groups in total. The highest BCUT2D eigenvalue weighted by Gasteiger charge is 2.62. The van der Waals surface area contributed by atoms with Gasteiger partial charge in [-0.05, 0) is 219 Å². The SMILES string of the molecule is C.C.C.C.C.C.C.C.C.CCC(C)(C)C(=O)OC1(C(C)C)C2CC3CC(C2)CC1C3.CCC(C)(C)C(=O)OC12CC3CC(CC(O)(C3)C1)C2.CCC(C)(C)C(=O)OC1CCOC1=O.CCC1(OC(=O)C(C)(C)CC)CCCC1. The Morgan fingerprint density at radius 3 is 1.27 bits per heavy atom. The largest absolute Gasteiger partial charge is 0.463 e. The molecule has 0 aromatic heterocycles. The predicted molar refractivity (Wildman–Crippen MR) is 329 cm³/mol. The average Bonchev–Trinajstić information content (AvgIpc) is 3.92. The van der Waals surface area contributed by atoms with Gasteiger partial charge in [0, 0.05) is 12.8 Å². The lowest BCUT2D eigenvalue weighted by Crippen LogP contribution is -2.63. The van der Waals surface area contributed by atoms with Crippen molar-refractivity contribution < 1.29 is 52.8 Å². The van der Waals surface area contributed by atoms with Crippen molar-refractivity contribution in [2.24, 2.45) is 63.1 Å². The predicted octanol–water partition coefficient (Wildman–Crippen LogP) is 18.6. The third-order valence-corrected chi connectivity index (χ3v) is 19.2. The highest BCUT2D eigenvalue weighted by atomic mass is 16.6. The maximum Gasteiger partial charge on any atom is 0.347 e. The molecule has 0 aromatic carbocycles. The Hall–Kier alpha value is -2.69. The summed E-state index contributed by atoms with van der Waals surface area (Å²) < 4.78 is 27.9. The normalized spacial score (nSPS) is 29.9. The lowest BCUT2D eigenvalue weighted by molar-refractivity contribution is -0.231. The molecule has 3 unspecified atom stereocenters. The van der Waals surface area contributed by atoms with Gasteiger partial charge in [0.05, 0.1) is 33.9 Å². The highest BCUT2D eigenvalue weighted by Crippen LogP contribution is 2.62. The zero-order chi connectivity index (χ0) is 51.6. The van der Waals surface area contributed by atoms with Gasteiger partial charge in [-0.1, -0.05) is 115 Å². The molecule has 0 amide bonds. The molecule has 1 heterocycles. The van der Waals surface area contributed by atoms with Crippen molar-refractivity contribution in [1.29, 1.82) is 0 Å². The van der Waals surface area contributed by atoms with Crippen LogP contribution >= 0.6 is 0 Å². The summed E-state index contributed by atoms with van der Waals surface area (Å²) in [5, 5.41) is 10.6. The average molecular weight is 1120 g/mol. The third kappa shape index (κ3) is 18.9. The summed E-state index contributed by atoms with van der Waals surface area (Å²) in [7, 11) is 0. The Labute approximate surface area is 484 Å². The summed E-state index contributed by atoms with van der Waals surface area (Å²) in [6.07, 6.45) is 20.7. The van der Waals surface area contributed by atoms with Crippen LogP contribution in [0.5, 0.6) is 0 Å². The van der Waals surface area contributed by atoms with Crippen molar-refractivity contribution in [3.63, 3.8) is 0 Å². The van der Waals surface area contributed by atoms with E-state index in [-0.39, 0.29) is 118 Å². The first-order valence-electron chi connectivity index (χ1n) is 27.8. The Balaban J connectivity index is -0.000000296. The Morgan fingerprint density at radius 2 is 0.923 bits per heavy atom. The van der Waals surface area contributed by atoms with E-state index in [9.17, 15) is 29.1 Å². The van der Waals surface area contributed by atoms with Gasteiger partial charge in [0.1, 0.15) is 16.8 Å². The Morgan fingerprint density at radius 1 is 0.551 bits per heavy atom. The number of ether oxygens (including phenoxy) is 5. The minimum Gasteiger partial charge on any atom is -0.463 e. The summed E-state index contributed by atoms with van der Waals surface area (Å²) in [5.41, 5.74) is -2.83. The van der Waals surface area contributed by atoms with E-state index < -0.39 is 28.5 Å². The van der Waals surface area contributed by atoms with E-state index in [1.54, 1.807) is 13.8 Å². The molecule has 1 aliphatic heterocycles. The van der Waals surface area contributed by atoms with Gasteiger partial charge >= 0.3 is 29.8 Å². The molecular formula is C67H134O11. The van der Waals surface area contributed by atoms with E-state index in [4.69, 9.17) is 23.7 Å². The first-order valence-corrected chi connectivity index (χ1v) is 27.8. The fourth-order valence-electron chi connectivity index (χ4n) is 13.4. The molecule has 10 rings (SSSR count). The molecule has 468 valence electrons. The van der Waals surface area contributed by atoms with Crippen molar-refractivity contribution in [3.05, 3.63) is 0 Å². The van der Waals surface area contributed by atoms with E-state index in [0.717, 1.165) is 76.0 Å². The lowest BCUT2D eigenvalue weighted by atomic mass is 9.47. The van der Waals surface area contributed by atoms with Crippen LogP contribution < -0.4 is 0 Å². The van der Waals surface area contributed by atoms with Crippen LogP contribution in [0.25, 0.3) is 0 Å². The fourth-order valence-corrected chi connectivity index (χ4v) is 13.4. The zero-order valence-electron chi connectivity index (χ0n) is 46.2. The molecule has 0 spiro atoms. The quantitative estimate of drug-likeness (QED) is 0.131. The number of rotatable bonds is 14. The van der Waals surface area contributed by atoms with Crippen LogP contribution in [0.2, 0.25) is 0 Å². The first-order chi connectivity index (χ1) is 32.0. The van der Waals surface area contributed by atoms with Gasteiger partial charge < -0.3 is 28.8 Å². The number of carbonyl (C=O) groups is 5. The second kappa shape index (κ2) is 32.2. The second-order valence-electron chi connectivity index (χ2n) is 26.4. The summed E-state index contributed by atoms with van der Waals surface area (Å²) in [5.74, 6) is 3.79. The van der Waals surface area contributed by atoms with E-state index >= 15 is 0 Å². The summed E-state index contributed by atoms with van der Waals surface area (Å²) >= 11 is 0. The van der Waals surface area contributed by atoms with Crippen LogP contribution in [0.15, 0.2) is 0 Å². The molecular weight excluding hydrogens is 981 g/mol. The van der Waals surface area contributed by atoms with Crippen molar-refractivity contribution in [3.8, 4) is 0 Å². The Bertz CT molecular complexity index is 1760. The topological polar surface area (TPSA) is 152 Å². The van der Waals surface area contributed by atoms with Crippen molar-refractivity contribution in [2.45, 2.75) is 334 Å². The zero-order valence-corrected chi connectivity index (χ0v) is 46.2. The van der Waals surface area contributed by atoms with Crippen LogP contribution in [-0.4, -0.2) is 70.1 Å². The Kier molecular flexibility index (Phi) is 34.8. The maximum atomic E-state index is 12.8. The number of hydrogen-bond donors (Lipinski definition) is 1. The molecule has 11 nitrogen and oxygen atoms in total. The van der Waals surface area contributed by atoms with Crippen LogP contribution in [0.1, 0.15) is 306 Å². The lowest BCUT2D eigenvalue weighted by Gasteiger charge is -2.62. The van der Waals surface area contributed by atoms with Crippen LogP contribution in [0.3, 0.4) is 0 Å². The maximum absolute atomic E-state index is 12.8. The second-order valence-corrected chi connectivity index (χ2v) is 26.4. The van der Waals surface area contributed by atoms with Gasteiger partial charge in [-0.15, -0.1) is 0 Å². The van der Waals surface area contributed by atoms with Gasteiger partial charge in [0.2, 0.25) is 6.10 Å². The summed E-state index contributed by atoms with van der Waals surface area (Å²) in [6, 6.07) is 0. The monoisotopic (exact) mass is 1110 g/mol. The first kappa shape index (κ1) is 84.1. The van der Waals surface area contributed by atoms with E-state index in [2.05, 4.69) is 27.7 Å². The van der Waals surface area contributed by atoms with E-state index in [1.807, 2.05) is 62.3 Å². The molecule has 9 saturated carbocycles. The number of aliphatic hydroxyl groups is 1. The molecule has 78 heavy (non-hydrogen) atoms. The summed E-state index contributed by atoms with van der Waals surface area (Å²) in [6.45, 7) is 30.6. The van der Waals surface area contributed by atoms with Crippen molar-refractivity contribution >= 4 is 29.8 Å². The van der Waals surface area contributed by atoms with Gasteiger partial charge in [-0.3, -0.25) is 19.2 Å². The van der Waals surface area contributed by atoms with E-state index in [1.165, 1.54) is 51.4 Å². The molecule has 10 aliphatic rings.